The molecule has 0 radical (unpaired) electrons. The number of aromatic nitrogens is 1. The highest BCUT2D eigenvalue weighted by molar-refractivity contribution is 14.0. The van der Waals surface area contributed by atoms with Gasteiger partial charge in [-0.05, 0) is 13.8 Å². The van der Waals surface area contributed by atoms with Crippen molar-refractivity contribution >= 4 is 41.3 Å². The van der Waals surface area contributed by atoms with E-state index < -0.39 is 0 Å². The number of halogens is 1. The predicted molar refractivity (Wildman–Crippen MR) is 106 cm³/mol. The van der Waals surface area contributed by atoms with Gasteiger partial charge in [0.1, 0.15) is 0 Å². The lowest BCUT2D eigenvalue weighted by Crippen LogP contribution is -2.43. The molecule has 2 N–H and O–H groups in total. The van der Waals surface area contributed by atoms with Crippen molar-refractivity contribution in [1.82, 2.24) is 15.6 Å². The normalized spacial score (nSPS) is 13.5. The Kier molecular flexibility index (Phi) is 10.2. The first kappa shape index (κ1) is 21.6. The topological polar surface area (TPSA) is 58.5 Å². The maximum Gasteiger partial charge on any atom is 0.191 e. The van der Waals surface area contributed by atoms with Crippen LogP contribution in [0, 0.1) is 0 Å². The van der Waals surface area contributed by atoms with Gasteiger partial charge in [-0.15, -0.1) is 35.3 Å². The number of nitrogens with one attached hydrogen (secondary N) is 2. The Balaban J connectivity index is 0.00000441. The van der Waals surface area contributed by atoms with Crippen LogP contribution in [0.5, 0.6) is 0 Å². The van der Waals surface area contributed by atoms with Crippen molar-refractivity contribution in [2.75, 3.05) is 20.3 Å². The molecule has 0 bridgehead atoms. The molecule has 0 amide bonds. The Hall–Kier alpha value is -0.410. The van der Waals surface area contributed by atoms with Gasteiger partial charge in [-0.1, -0.05) is 20.8 Å². The van der Waals surface area contributed by atoms with E-state index in [4.69, 9.17) is 4.74 Å². The molecule has 0 aliphatic carbocycles. The maximum absolute atomic E-state index is 5.13. The molecule has 1 rings (SSSR count). The second-order valence-electron chi connectivity index (χ2n) is 6.09. The number of hydrogen-bond donors (Lipinski definition) is 2. The van der Waals surface area contributed by atoms with Crippen LogP contribution in [0.25, 0.3) is 0 Å². The largest absolute Gasteiger partial charge is 0.383 e. The van der Waals surface area contributed by atoms with Crippen molar-refractivity contribution in [3.05, 3.63) is 16.1 Å². The fourth-order valence-electron chi connectivity index (χ4n) is 1.73. The average molecular weight is 440 g/mol. The highest BCUT2D eigenvalue weighted by Gasteiger charge is 2.17. The number of rotatable bonds is 6. The summed E-state index contributed by atoms with van der Waals surface area (Å²) in [6.07, 6.45) is 0. The number of aliphatic imine (C=N–C) groups is 1. The van der Waals surface area contributed by atoms with E-state index in [2.05, 4.69) is 60.6 Å². The average Bonchev–Trinajstić information content (AvgIpc) is 2.85. The third kappa shape index (κ3) is 7.73. The van der Waals surface area contributed by atoms with Crippen molar-refractivity contribution in [3.8, 4) is 0 Å². The third-order valence-electron chi connectivity index (χ3n) is 2.74. The molecule has 1 aromatic rings. The van der Waals surface area contributed by atoms with Crippen LogP contribution in [0.3, 0.4) is 0 Å². The predicted octanol–water partition coefficient (Wildman–Crippen LogP) is 3.15. The third-order valence-corrected chi connectivity index (χ3v) is 4.05. The Bertz CT molecular complexity index is 457. The molecule has 0 aromatic carbocycles. The summed E-state index contributed by atoms with van der Waals surface area (Å²) in [4.78, 5) is 9.24. The van der Waals surface area contributed by atoms with Crippen LogP contribution in [0.2, 0.25) is 0 Å². The van der Waals surface area contributed by atoms with Gasteiger partial charge >= 0.3 is 0 Å². The molecule has 1 atom stereocenters. The number of nitrogens with zero attached hydrogens (tertiary/aromatic N) is 2. The zero-order valence-electron chi connectivity index (χ0n) is 14.4. The number of hydrogen-bond acceptors (Lipinski definition) is 4. The van der Waals surface area contributed by atoms with Crippen molar-refractivity contribution in [2.24, 2.45) is 4.99 Å². The lowest BCUT2D eigenvalue weighted by Gasteiger charge is -2.16. The molecule has 1 heterocycles. The summed E-state index contributed by atoms with van der Waals surface area (Å²) in [7, 11) is 1.70. The standard InChI is InChI=1S/C15H28N4OS.HI/c1-7-16-14(18-11(2)9-20-6)17-8-12-10-21-13(19-12)15(3,4)5;/h10-11H,7-9H2,1-6H3,(H2,16,17,18);1H. The maximum atomic E-state index is 5.13. The molecule has 22 heavy (non-hydrogen) atoms. The van der Waals surface area contributed by atoms with E-state index in [9.17, 15) is 0 Å². The number of methoxy groups -OCH3 is 1. The van der Waals surface area contributed by atoms with Gasteiger partial charge < -0.3 is 15.4 Å². The Morgan fingerprint density at radius 3 is 2.64 bits per heavy atom. The van der Waals surface area contributed by atoms with E-state index in [0.717, 1.165) is 23.2 Å². The SMILES string of the molecule is CCNC(=NCc1csc(C(C)(C)C)n1)NC(C)COC.I. The summed E-state index contributed by atoms with van der Waals surface area (Å²) in [6.45, 7) is 12.7. The van der Waals surface area contributed by atoms with Gasteiger partial charge in [-0.3, -0.25) is 0 Å². The molecule has 0 spiro atoms. The Labute approximate surface area is 155 Å². The molecule has 0 saturated carbocycles. The summed E-state index contributed by atoms with van der Waals surface area (Å²) < 4.78 is 5.13. The molecular formula is C15H29IN4OS. The zero-order valence-corrected chi connectivity index (χ0v) is 17.5. The lowest BCUT2D eigenvalue weighted by atomic mass is 9.98. The van der Waals surface area contributed by atoms with Gasteiger partial charge in [-0.2, -0.15) is 0 Å². The molecular weight excluding hydrogens is 411 g/mol. The van der Waals surface area contributed by atoms with Gasteiger partial charge in [0.15, 0.2) is 5.96 Å². The first-order chi connectivity index (χ1) is 9.86. The quantitative estimate of drug-likeness (QED) is 0.406. The van der Waals surface area contributed by atoms with Crippen LogP contribution >= 0.6 is 35.3 Å². The summed E-state index contributed by atoms with van der Waals surface area (Å²) in [5.74, 6) is 0.798. The summed E-state index contributed by atoms with van der Waals surface area (Å²) in [5, 5.41) is 9.79. The van der Waals surface area contributed by atoms with Crippen LogP contribution in [0.1, 0.15) is 45.3 Å². The molecule has 0 aliphatic rings. The smallest absolute Gasteiger partial charge is 0.191 e. The van der Waals surface area contributed by atoms with Gasteiger partial charge in [0.05, 0.1) is 23.9 Å². The summed E-state index contributed by atoms with van der Waals surface area (Å²) in [6, 6.07) is 0.216. The van der Waals surface area contributed by atoms with Gasteiger partial charge in [0.25, 0.3) is 0 Å². The van der Waals surface area contributed by atoms with Gasteiger partial charge in [-0.25, -0.2) is 9.98 Å². The first-order valence-corrected chi connectivity index (χ1v) is 8.23. The molecule has 0 aliphatic heterocycles. The molecule has 7 heteroatoms. The second-order valence-corrected chi connectivity index (χ2v) is 6.95. The zero-order chi connectivity index (χ0) is 15.9. The molecule has 0 saturated heterocycles. The minimum Gasteiger partial charge on any atom is -0.383 e. The minimum atomic E-state index is 0. The van der Waals surface area contributed by atoms with Crippen LogP contribution < -0.4 is 10.6 Å². The van der Waals surface area contributed by atoms with Crippen LogP contribution in [0.4, 0.5) is 0 Å². The van der Waals surface area contributed by atoms with Crippen LogP contribution in [0.15, 0.2) is 10.4 Å². The van der Waals surface area contributed by atoms with Crippen molar-refractivity contribution in [2.45, 2.75) is 52.6 Å². The van der Waals surface area contributed by atoms with E-state index in [-0.39, 0.29) is 35.4 Å². The Morgan fingerprint density at radius 1 is 1.45 bits per heavy atom. The van der Waals surface area contributed by atoms with Crippen molar-refractivity contribution in [1.29, 1.82) is 0 Å². The van der Waals surface area contributed by atoms with Crippen LogP contribution in [-0.2, 0) is 16.7 Å². The van der Waals surface area contributed by atoms with E-state index in [1.807, 2.05) is 0 Å². The highest BCUT2D eigenvalue weighted by Crippen LogP contribution is 2.25. The fraction of sp³-hybridized carbons (Fsp3) is 0.733. The van der Waals surface area contributed by atoms with Gasteiger partial charge in [0.2, 0.25) is 0 Å². The number of ether oxygens (including phenoxy) is 1. The lowest BCUT2D eigenvalue weighted by molar-refractivity contribution is 0.179. The molecule has 128 valence electrons. The first-order valence-electron chi connectivity index (χ1n) is 7.35. The number of guanidine groups is 1. The van der Waals surface area contributed by atoms with Crippen molar-refractivity contribution in [3.63, 3.8) is 0 Å². The van der Waals surface area contributed by atoms with E-state index in [1.54, 1.807) is 18.4 Å². The monoisotopic (exact) mass is 440 g/mol. The van der Waals surface area contributed by atoms with E-state index >= 15 is 0 Å². The highest BCUT2D eigenvalue weighted by atomic mass is 127. The second kappa shape index (κ2) is 10.4. The summed E-state index contributed by atoms with van der Waals surface area (Å²) >= 11 is 1.70. The van der Waals surface area contributed by atoms with Crippen molar-refractivity contribution < 1.29 is 4.74 Å². The number of thiazole rings is 1. The molecule has 1 aromatic heterocycles. The minimum absolute atomic E-state index is 0. The Morgan fingerprint density at radius 2 is 2.14 bits per heavy atom. The molecule has 5 nitrogen and oxygen atoms in total. The van der Waals surface area contributed by atoms with E-state index in [1.165, 1.54) is 0 Å². The molecule has 0 fully saturated rings. The molecule has 1 unspecified atom stereocenters. The van der Waals surface area contributed by atoms with Gasteiger partial charge in [0, 0.05) is 30.5 Å². The van der Waals surface area contributed by atoms with Crippen LogP contribution in [-0.4, -0.2) is 37.2 Å². The summed E-state index contributed by atoms with van der Waals surface area (Å²) in [5.41, 5.74) is 1.11. The fourth-order valence-corrected chi connectivity index (χ4v) is 2.63. The van der Waals surface area contributed by atoms with E-state index in [0.29, 0.717) is 13.2 Å².